The topological polar surface area (TPSA) is 29.3 Å². The number of hydrogen-bond donors (Lipinski definition) is 1. The number of halogens is 1. The van der Waals surface area contributed by atoms with E-state index in [-0.39, 0.29) is 0 Å². The normalized spacial score (nSPS) is 16.9. The number of nitrogens with two attached hydrogens (primary N) is 1. The minimum Gasteiger partial charge on any atom is -0.399 e. The Bertz CT molecular complexity index is 357. The molecule has 0 radical (unpaired) electrons. The summed E-state index contributed by atoms with van der Waals surface area (Å²) in [6.45, 7) is 6.77. The first kappa shape index (κ1) is 10.6. The lowest BCUT2D eigenvalue weighted by Crippen LogP contribution is -2.49. The largest absolute Gasteiger partial charge is 0.399 e. The molecule has 0 bridgehead atoms. The molecule has 1 saturated heterocycles. The van der Waals surface area contributed by atoms with Crippen molar-refractivity contribution in [3.05, 3.63) is 23.2 Å². The Hall–Kier alpha value is -0.890. The first-order chi connectivity index (χ1) is 7.08. The highest BCUT2D eigenvalue weighted by atomic mass is 35.5. The van der Waals surface area contributed by atoms with Gasteiger partial charge in [-0.15, -0.1) is 0 Å². The van der Waals surface area contributed by atoms with Gasteiger partial charge in [-0.3, -0.25) is 0 Å². The monoisotopic (exact) mass is 224 g/mol. The highest BCUT2D eigenvalue weighted by Crippen LogP contribution is 2.34. The first-order valence-corrected chi connectivity index (χ1v) is 5.75. The Morgan fingerprint density at radius 3 is 2.60 bits per heavy atom. The third-order valence-corrected chi connectivity index (χ3v) is 3.47. The Balaban J connectivity index is 2.07. The summed E-state index contributed by atoms with van der Waals surface area (Å²) < 4.78 is 0. The van der Waals surface area contributed by atoms with E-state index in [1.807, 2.05) is 18.2 Å². The molecule has 1 heterocycles. The van der Waals surface area contributed by atoms with Crippen LogP contribution in [-0.4, -0.2) is 13.1 Å². The first-order valence-electron chi connectivity index (χ1n) is 5.38. The molecule has 1 aliphatic heterocycles. The second kappa shape index (κ2) is 3.93. The van der Waals surface area contributed by atoms with Crippen LogP contribution in [0.3, 0.4) is 0 Å². The molecule has 1 fully saturated rings. The van der Waals surface area contributed by atoms with Crippen LogP contribution in [0.1, 0.15) is 13.8 Å². The summed E-state index contributed by atoms with van der Waals surface area (Å²) in [5.74, 6) is 1.56. The zero-order valence-corrected chi connectivity index (χ0v) is 9.96. The number of nitrogens with zero attached hydrogens (tertiary/aromatic N) is 1. The van der Waals surface area contributed by atoms with Crippen molar-refractivity contribution in [1.82, 2.24) is 0 Å². The molecule has 0 atom stereocenters. The fourth-order valence-corrected chi connectivity index (χ4v) is 2.22. The van der Waals surface area contributed by atoms with Gasteiger partial charge in [0, 0.05) is 18.8 Å². The summed E-state index contributed by atoms with van der Waals surface area (Å²) in [4.78, 5) is 2.31. The average Bonchev–Trinajstić information content (AvgIpc) is 2.05. The maximum Gasteiger partial charge on any atom is 0.0660 e. The zero-order valence-electron chi connectivity index (χ0n) is 9.20. The van der Waals surface area contributed by atoms with Gasteiger partial charge < -0.3 is 10.6 Å². The van der Waals surface area contributed by atoms with Crippen LogP contribution in [0.4, 0.5) is 11.4 Å². The molecular formula is C12H17ClN2. The second-order valence-corrected chi connectivity index (χ2v) is 5.03. The summed E-state index contributed by atoms with van der Waals surface area (Å²) in [6.07, 6.45) is 0. The Kier molecular flexibility index (Phi) is 2.79. The van der Waals surface area contributed by atoms with Crippen LogP contribution in [0.25, 0.3) is 0 Å². The third kappa shape index (κ3) is 2.05. The Morgan fingerprint density at radius 2 is 2.07 bits per heavy atom. The molecule has 0 saturated carbocycles. The van der Waals surface area contributed by atoms with Crippen molar-refractivity contribution in [2.24, 2.45) is 11.8 Å². The minimum atomic E-state index is 0.727. The third-order valence-electron chi connectivity index (χ3n) is 3.17. The summed E-state index contributed by atoms with van der Waals surface area (Å²) in [5, 5.41) is 0.761. The lowest BCUT2D eigenvalue weighted by molar-refractivity contribution is 0.310. The molecule has 2 nitrogen and oxygen atoms in total. The van der Waals surface area contributed by atoms with Crippen molar-refractivity contribution >= 4 is 23.0 Å². The lowest BCUT2D eigenvalue weighted by Gasteiger charge is -2.43. The van der Waals surface area contributed by atoms with Gasteiger partial charge in [0.25, 0.3) is 0 Å². The fourth-order valence-electron chi connectivity index (χ4n) is 1.91. The molecule has 2 rings (SSSR count). The van der Waals surface area contributed by atoms with Crippen molar-refractivity contribution in [3.8, 4) is 0 Å². The maximum atomic E-state index is 6.14. The van der Waals surface area contributed by atoms with Crippen molar-refractivity contribution in [3.63, 3.8) is 0 Å². The molecule has 0 aromatic heterocycles. The maximum absolute atomic E-state index is 6.14. The molecule has 0 spiro atoms. The highest BCUT2D eigenvalue weighted by molar-refractivity contribution is 6.33. The Labute approximate surface area is 96.0 Å². The number of nitrogen functional groups attached to an aromatic ring is 1. The van der Waals surface area contributed by atoms with Gasteiger partial charge in [0.05, 0.1) is 10.7 Å². The number of hydrogen-bond acceptors (Lipinski definition) is 2. The number of benzene rings is 1. The smallest absolute Gasteiger partial charge is 0.0660 e. The van der Waals surface area contributed by atoms with Gasteiger partial charge in [0.2, 0.25) is 0 Å². The molecule has 0 aliphatic carbocycles. The second-order valence-electron chi connectivity index (χ2n) is 4.62. The van der Waals surface area contributed by atoms with Gasteiger partial charge in [-0.1, -0.05) is 25.4 Å². The quantitative estimate of drug-likeness (QED) is 0.783. The lowest BCUT2D eigenvalue weighted by atomic mass is 9.88. The summed E-state index contributed by atoms with van der Waals surface area (Å²) >= 11 is 6.14. The van der Waals surface area contributed by atoms with E-state index in [9.17, 15) is 0 Å². The molecule has 0 amide bonds. The summed E-state index contributed by atoms with van der Waals surface area (Å²) in [7, 11) is 0. The van der Waals surface area contributed by atoms with Crippen molar-refractivity contribution < 1.29 is 0 Å². The zero-order chi connectivity index (χ0) is 11.0. The summed E-state index contributed by atoms with van der Waals surface area (Å²) in [6, 6.07) is 5.73. The number of anilines is 2. The van der Waals surface area contributed by atoms with E-state index in [1.165, 1.54) is 0 Å². The van der Waals surface area contributed by atoms with E-state index in [0.717, 1.165) is 41.3 Å². The van der Waals surface area contributed by atoms with Gasteiger partial charge in [0.1, 0.15) is 0 Å². The van der Waals surface area contributed by atoms with E-state index in [1.54, 1.807) is 0 Å². The van der Waals surface area contributed by atoms with Crippen LogP contribution in [0.15, 0.2) is 18.2 Å². The molecule has 82 valence electrons. The van der Waals surface area contributed by atoms with Gasteiger partial charge in [-0.25, -0.2) is 0 Å². The molecule has 2 N–H and O–H groups in total. The predicted octanol–water partition coefficient (Wildman–Crippen LogP) is 3.01. The molecule has 3 heteroatoms. The molecule has 1 aromatic rings. The van der Waals surface area contributed by atoms with Crippen molar-refractivity contribution in [2.45, 2.75) is 13.8 Å². The SMILES string of the molecule is CC(C)C1CN(c2ccc(N)cc2Cl)C1. The van der Waals surface area contributed by atoms with Crippen LogP contribution in [0, 0.1) is 11.8 Å². The van der Waals surface area contributed by atoms with Crippen molar-refractivity contribution in [2.75, 3.05) is 23.7 Å². The average molecular weight is 225 g/mol. The van der Waals surface area contributed by atoms with E-state index in [2.05, 4.69) is 18.7 Å². The summed E-state index contributed by atoms with van der Waals surface area (Å²) in [5.41, 5.74) is 7.50. The van der Waals surface area contributed by atoms with Crippen LogP contribution in [0.5, 0.6) is 0 Å². The van der Waals surface area contributed by atoms with Crippen molar-refractivity contribution in [1.29, 1.82) is 0 Å². The number of rotatable bonds is 2. The molecule has 0 unspecified atom stereocenters. The standard InChI is InChI=1S/C12H17ClN2/c1-8(2)9-6-15(7-9)12-4-3-10(14)5-11(12)13/h3-5,8-9H,6-7,14H2,1-2H3. The van der Waals surface area contributed by atoms with Gasteiger partial charge in [0.15, 0.2) is 0 Å². The van der Waals surface area contributed by atoms with E-state index < -0.39 is 0 Å². The molecule has 1 aliphatic rings. The molecule has 1 aromatic carbocycles. The van der Waals surface area contributed by atoms with Gasteiger partial charge in [-0.05, 0) is 30.0 Å². The van der Waals surface area contributed by atoms with E-state index in [4.69, 9.17) is 17.3 Å². The molecular weight excluding hydrogens is 208 g/mol. The van der Waals surface area contributed by atoms with Gasteiger partial charge in [-0.2, -0.15) is 0 Å². The fraction of sp³-hybridized carbons (Fsp3) is 0.500. The van der Waals surface area contributed by atoms with E-state index in [0.29, 0.717) is 0 Å². The molecule has 15 heavy (non-hydrogen) atoms. The predicted molar refractivity (Wildman–Crippen MR) is 66.4 cm³/mol. The highest BCUT2D eigenvalue weighted by Gasteiger charge is 2.30. The van der Waals surface area contributed by atoms with Crippen LogP contribution in [-0.2, 0) is 0 Å². The van der Waals surface area contributed by atoms with E-state index >= 15 is 0 Å². The van der Waals surface area contributed by atoms with Crippen LogP contribution < -0.4 is 10.6 Å². The van der Waals surface area contributed by atoms with Crippen LogP contribution >= 0.6 is 11.6 Å². The van der Waals surface area contributed by atoms with Gasteiger partial charge >= 0.3 is 0 Å². The Morgan fingerprint density at radius 1 is 1.40 bits per heavy atom. The van der Waals surface area contributed by atoms with Crippen LogP contribution in [0.2, 0.25) is 5.02 Å². The minimum absolute atomic E-state index is 0.727.